The Bertz CT molecular complexity index is 250. The summed E-state index contributed by atoms with van der Waals surface area (Å²) < 4.78 is 27.6. The molecule has 0 aromatic heterocycles. The number of alkyl halides is 1. The van der Waals surface area contributed by atoms with Crippen LogP contribution in [0, 0.1) is 0 Å². The lowest BCUT2D eigenvalue weighted by Gasteiger charge is -2.12. The van der Waals surface area contributed by atoms with Crippen molar-refractivity contribution in [2.45, 2.75) is 31.2 Å². The van der Waals surface area contributed by atoms with E-state index in [1.165, 1.54) is 0 Å². The van der Waals surface area contributed by atoms with Crippen LogP contribution in [0.15, 0.2) is 0 Å². The van der Waals surface area contributed by atoms with Crippen LogP contribution < -0.4 is 0 Å². The van der Waals surface area contributed by atoms with Crippen molar-refractivity contribution in [1.29, 1.82) is 0 Å². The highest BCUT2D eigenvalue weighted by molar-refractivity contribution is 7.91. The van der Waals surface area contributed by atoms with Crippen LogP contribution in [0.25, 0.3) is 0 Å². The molecule has 3 nitrogen and oxygen atoms in total. The third-order valence-corrected chi connectivity index (χ3v) is 4.39. The van der Waals surface area contributed by atoms with E-state index in [0.29, 0.717) is 6.61 Å². The molecule has 0 aromatic rings. The van der Waals surface area contributed by atoms with Crippen LogP contribution in [0.1, 0.15) is 19.8 Å². The molecule has 0 N–H and O–H groups in total. The summed E-state index contributed by atoms with van der Waals surface area (Å²) in [4.78, 5) is 0. The van der Waals surface area contributed by atoms with Gasteiger partial charge in [0.2, 0.25) is 0 Å². The zero-order valence-corrected chi connectivity index (χ0v) is 9.27. The molecule has 0 aliphatic carbocycles. The van der Waals surface area contributed by atoms with E-state index in [0.717, 1.165) is 12.8 Å². The Morgan fingerprint density at radius 1 is 1.46 bits per heavy atom. The van der Waals surface area contributed by atoms with Gasteiger partial charge >= 0.3 is 0 Å². The van der Waals surface area contributed by atoms with E-state index in [4.69, 9.17) is 16.3 Å². The Balaban J connectivity index is 2.36. The molecule has 0 spiro atoms. The Hall–Kier alpha value is 0.200. The first-order chi connectivity index (χ1) is 6.05. The van der Waals surface area contributed by atoms with Gasteiger partial charge in [-0.1, -0.05) is 13.3 Å². The second-order valence-corrected chi connectivity index (χ2v) is 6.07. The normalized spacial score (nSPS) is 32.2. The SMILES string of the molecule is CCCCOC1CS(=O)(=O)CC1Cl. The fourth-order valence-electron chi connectivity index (χ4n) is 1.30. The molecule has 0 bridgehead atoms. The Morgan fingerprint density at radius 3 is 2.62 bits per heavy atom. The average molecular weight is 227 g/mol. The highest BCUT2D eigenvalue weighted by Gasteiger charge is 2.36. The predicted octanol–water partition coefficient (Wildman–Crippen LogP) is 1.21. The van der Waals surface area contributed by atoms with Gasteiger partial charge in [0.25, 0.3) is 0 Å². The summed E-state index contributed by atoms with van der Waals surface area (Å²) >= 11 is 5.84. The third-order valence-electron chi connectivity index (χ3n) is 2.06. The third kappa shape index (κ3) is 3.44. The maximum atomic E-state index is 11.1. The molecule has 1 heterocycles. The summed E-state index contributed by atoms with van der Waals surface area (Å²) in [5, 5.41) is -0.359. The topological polar surface area (TPSA) is 43.4 Å². The number of unbranched alkanes of at least 4 members (excludes halogenated alkanes) is 1. The maximum Gasteiger partial charge on any atom is 0.154 e. The Kier molecular flexibility index (Phi) is 4.01. The van der Waals surface area contributed by atoms with Gasteiger partial charge in [0.1, 0.15) is 0 Å². The molecule has 0 radical (unpaired) electrons. The summed E-state index contributed by atoms with van der Waals surface area (Å²) in [6.45, 7) is 2.67. The van der Waals surface area contributed by atoms with Crippen molar-refractivity contribution in [3.05, 3.63) is 0 Å². The average Bonchev–Trinajstić information content (AvgIpc) is 2.25. The second kappa shape index (κ2) is 4.62. The minimum Gasteiger partial charge on any atom is -0.376 e. The largest absolute Gasteiger partial charge is 0.376 e. The van der Waals surface area contributed by atoms with Crippen molar-refractivity contribution < 1.29 is 13.2 Å². The Morgan fingerprint density at radius 2 is 2.15 bits per heavy atom. The maximum absolute atomic E-state index is 11.1. The van der Waals surface area contributed by atoms with Crippen molar-refractivity contribution in [2.24, 2.45) is 0 Å². The van der Waals surface area contributed by atoms with Gasteiger partial charge in [-0.3, -0.25) is 0 Å². The molecule has 78 valence electrons. The Labute approximate surface area is 84.3 Å². The number of sulfone groups is 1. The minimum absolute atomic E-state index is 0.0609. The first kappa shape index (κ1) is 11.3. The van der Waals surface area contributed by atoms with Crippen LogP contribution in [-0.2, 0) is 14.6 Å². The van der Waals surface area contributed by atoms with Crippen molar-refractivity contribution in [3.63, 3.8) is 0 Å². The van der Waals surface area contributed by atoms with Crippen LogP contribution in [0.4, 0.5) is 0 Å². The monoisotopic (exact) mass is 226 g/mol. The van der Waals surface area contributed by atoms with E-state index in [-0.39, 0.29) is 23.0 Å². The quantitative estimate of drug-likeness (QED) is 0.535. The van der Waals surface area contributed by atoms with Gasteiger partial charge < -0.3 is 4.74 Å². The van der Waals surface area contributed by atoms with E-state index in [1.807, 2.05) is 0 Å². The molecule has 1 fully saturated rings. The molecule has 1 aliphatic heterocycles. The fraction of sp³-hybridized carbons (Fsp3) is 1.00. The minimum atomic E-state index is -2.94. The van der Waals surface area contributed by atoms with E-state index in [9.17, 15) is 8.42 Å². The molecule has 0 saturated carbocycles. The summed E-state index contributed by atoms with van der Waals surface area (Å²) in [7, 11) is -2.94. The lowest BCUT2D eigenvalue weighted by Crippen LogP contribution is -2.23. The van der Waals surface area contributed by atoms with Crippen molar-refractivity contribution >= 4 is 21.4 Å². The molecular formula is C8H15ClO3S. The van der Waals surface area contributed by atoms with Gasteiger partial charge in [-0.2, -0.15) is 0 Å². The standard InChI is InChI=1S/C8H15ClO3S/c1-2-3-4-12-8-6-13(10,11)5-7(8)9/h7-8H,2-6H2,1H3. The second-order valence-electron chi connectivity index (χ2n) is 3.36. The smallest absolute Gasteiger partial charge is 0.154 e. The molecule has 13 heavy (non-hydrogen) atoms. The molecular weight excluding hydrogens is 212 g/mol. The van der Waals surface area contributed by atoms with Crippen LogP contribution in [0.5, 0.6) is 0 Å². The molecule has 0 aromatic carbocycles. The molecule has 1 aliphatic rings. The van der Waals surface area contributed by atoms with Crippen LogP contribution in [-0.4, -0.2) is 38.0 Å². The first-order valence-electron chi connectivity index (χ1n) is 4.51. The zero-order valence-electron chi connectivity index (χ0n) is 7.70. The predicted molar refractivity (Wildman–Crippen MR) is 52.9 cm³/mol. The summed E-state index contributed by atoms with van der Waals surface area (Å²) in [5.74, 6) is 0.149. The summed E-state index contributed by atoms with van der Waals surface area (Å²) in [5.41, 5.74) is 0. The molecule has 5 heteroatoms. The summed E-state index contributed by atoms with van der Waals surface area (Å²) in [6.07, 6.45) is 1.71. The van der Waals surface area contributed by atoms with E-state index in [1.54, 1.807) is 0 Å². The number of rotatable bonds is 4. The highest BCUT2D eigenvalue weighted by Crippen LogP contribution is 2.20. The molecule has 2 unspecified atom stereocenters. The summed E-state index contributed by atoms with van der Waals surface area (Å²) in [6, 6.07) is 0. The number of hydrogen-bond acceptors (Lipinski definition) is 3. The molecule has 2 atom stereocenters. The van der Waals surface area contributed by atoms with E-state index in [2.05, 4.69) is 6.92 Å². The van der Waals surface area contributed by atoms with Gasteiger partial charge in [0.15, 0.2) is 9.84 Å². The first-order valence-corrected chi connectivity index (χ1v) is 6.77. The van der Waals surface area contributed by atoms with Gasteiger partial charge in [-0.25, -0.2) is 8.42 Å². The molecule has 0 amide bonds. The fourth-order valence-corrected chi connectivity index (χ4v) is 3.81. The highest BCUT2D eigenvalue weighted by atomic mass is 35.5. The van der Waals surface area contributed by atoms with E-state index >= 15 is 0 Å². The van der Waals surface area contributed by atoms with Crippen LogP contribution in [0.2, 0.25) is 0 Å². The van der Waals surface area contributed by atoms with Gasteiger partial charge in [0.05, 0.1) is 23.0 Å². The van der Waals surface area contributed by atoms with Crippen molar-refractivity contribution in [3.8, 4) is 0 Å². The number of halogens is 1. The zero-order chi connectivity index (χ0) is 9.90. The van der Waals surface area contributed by atoms with Crippen LogP contribution in [0.3, 0.4) is 0 Å². The van der Waals surface area contributed by atoms with Crippen molar-refractivity contribution in [1.82, 2.24) is 0 Å². The van der Waals surface area contributed by atoms with Crippen molar-refractivity contribution in [2.75, 3.05) is 18.1 Å². The number of hydrogen-bond donors (Lipinski definition) is 0. The van der Waals surface area contributed by atoms with Crippen LogP contribution >= 0.6 is 11.6 Å². The molecule has 1 rings (SSSR count). The van der Waals surface area contributed by atoms with Gasteiger partial charge in [-0.05, 0) is 6.42 Å². The lowest BCUT2D eigenvalue weighted by atomic mass is 10.3. The van der Waals surface area contributed by atoms with Gasteiger partial charge in [0, 0.05) is 6.61 Å². The number of ether oxygens (including phenoxy) is 1. The van der Waals surface area contributed by atoms with Gasteiger partial charge in [-0.15, -0.1) is 11.6 Å². The van der Waals surface area contributed by atoms with E-state index < -0.39 is 9.84 Å². The lowest BCUT2D eigenvalue weighted by molar-refractivity contribution is 0.0711. The molecule has 1 saturated heterocycles.